The van der Waals surface area contributed by atoms with Gasteiger partial charge in [-0.2, -0.15) is 4.57 Å². The minimum Gasteiger partial charge on any atom is -0.493 e. The van der Waals surface area contributed by atoms with Crippen molar-refractivity contribution in [2.45, 2.75) is 162 Å². The van der Waals surface area contributed by atoms with Crippen LogP contribution in [0.5, 0.6) is 11.5 Å². The second-order valence-electron chi connectivity index (χ2n) is 14.1. The molecule has 0 aliphatic heterocycles. The smallest absolute Gasteiger partial charge is 0.441 e. The second kappa shape index (κ2) is 17.8. The fraction of sp³-hybridized carbons (Fsp3) is 0.743. The molecule has 1 atom stereocenters. The molecule has 0 aliphatic rings. The summed E-state index contributed by atoms with van der Waals surface area (Å²) in [6.45, 7) is 17.7. The first-order chi connectivity index (χ1) is 19.7. The Labute approximate surface area is 262 Å². The lowest BCUT2D eigenvalue weighted by Gasteiger charge is -2.29. The quantitative estimate of drug-likeness (QED) is 0.0906. The van der Waals surface area contributed by atoms with Crippen LogP contribution in [0.3, 0.4) is 0 Å². The summed E-state index contributed by atoms with van der Waals surface area (Å²) in [4.78, 5) is 11.9. The molecular weight excluding hydrogens is 561 g/mol. The van der Waals surface area contributed by atoms with Crippen molar-refractivity contribution in [1.29, 1.82) is 0 Å². The second-order valence-corrected chi connectivity index (χ2v) is 17.0. The summed E-state index contributed by atoms with van der Waals surface area (Å²) >= 11 is 1.55. The van der Waals surface area contributed by atoms with E-state index in [4.69, 9.17) is 9.26 Å². The number of ether oxygens (including phenoxy) is 1. The minimum absolute atomic E-state index is 0.0802. The van der Waals surface area contributed by atoms with E-state index in [0.717, 1.165) is 28.2 Å². The third-order valence-electron chi connectivity index (χ3n) is 7.76. The van der Waals surface area contributed by atoms with Crippen molar-refractivity contribution in [3.63, 3.8) is 0 Å². The average Bonchev–Trinajstić information content (AvgIpc) is 3.28. The Balaban J connectivity index is 1.90. The highest BCUT2D eigenvalue weighted by atomic mass is 32.1. The minimum atomic E-state index is -3.93. The molecule has 0 saturated carbocycles. The zero-order valence-electron chi connectivity index (χ0n) is 28.1. The molecule has 0 saturated heterocycles. The van der Waals surface area contributed by atoms with Crippen molar-refractivity contribution in [1.82, 2.24) is 0 Å². The molecule has 1 heterocycles. The summed E-state index contributed by atoms with van der Waals surface area (Å²) in [6, 6.07) is 3.98. The SMILES string of the molecule is CCCCCCCCCCCCCCCCOc1cc(C(C)(C)C)c(OP(=O)(O)C[n+]2csc(C)c2)cc1C(C)(C)C. The maximum atomic E-state index is 13.2. The Morgan fingerprint density at radius 2 is 1.21 bits per heavy atom. The molecule has 0 spiro atoms. The third kappa shape index (κ3) is 14.0. The first kappa shape index (κ1) is 36.8. The van der Waals surface area contributed by atoms with Crippen molar-refractivity contribution in [3.05, 3.63) is 39.8 Å². The Hall–Kier alpha value is -1.36. The van der Waals surface area contributed by atoms with Crippen molar-refractivity contribution in [2.75, 3.05) is 6.61 Å². The molecular formula is C35H61NO4PS+. The molecule has 7 heteroatoms. The highest BCUT2D eigenvalue weighted by molar-refractivity contribution is 7.51. The summed E-state index contributed by atoms with van der Waals surface area (Å²) in [7, 11) is -3.93. The molecule has 0 bridgehead atoms. The van der Waals surface area contributed by atoms with Gasteiger partial charge < -0.3 is 14.2 Å². The first-order valence-electron chi connectivity index (χ1n) is 16.5. The van der Waals surface area contributed by atoms with Crippen LogP contribution >= 0.6 is 18.9 Å². The first-order valence-corrected chi connectivity index (χ1v) is 19.1. The van der Waals surface area contributed by atoms with Crippen LogP contribution in [0.25, 0.3) is 0 Å². The van der Waals surface area contributed by atoms with Gasteiger partial charge in [0, 0.05) is 11.1 Å². The molecule has 1 aromatic carbocycles. The van der Waals surface area contributed by atoms with Crippen LogP contribution in [0.4, 0.5) is 0 Å². The number of aromatic nitrogens is 1. The van der Waals surface area contributed by atoms with E-state index in [9.17, 15) is 9.46 Å². The molecule has 1 N–H and O–H groups in total. The lowest BCUT2D eigenvalue weighted by molar-refractivity contribution is -0.675. The van der Waals surface area contributed by atoms with Gasteiger partial charge in [-0.15, -0.1) is 0 Å². The van der Waals surface area contributed by atoms with E-state index >= 15 is 0 Å². The number of aryl methyl sites for hydroxylation is 1. The topological polar surface area (TPSA) is 59.6 Å². The van der Waals surface area contributed by atoms with Crippen LogP contribution in [-0.4, -0.2) is 11.5 Å². The van der Waals surface area contributed by atoms with Crippen LogP contribution in [-0.2, 0) is 21.7 Å². The van der Waals surface area contributed by atoms with Gasteiger partial charge in [0.05, 0.1) is 11.5 Å². The van der Waals surface area contributed by atoms with Crippen LogP contribution in [0.15, 0.2) is 23.8 Å². The third-order valence-corrected chi connectivity index (χ3v) is 9.78. The normalized spacial score (nSPS) is 13.7. The maximum Gasteiger partial charge on any atom is 0.441 e. The molecule has 2 rings (SSSR count). The standard InChI is InChI=1S/C35H60NO4PS/c1-9-10-11-12-13-14-15-16-17-18-19-20-21-22-23-39-32-24-31(35(6,7)8)33(25-30(32)34(3,4)5)40-41(37,38)27-36-26-29(2)42-28-36/h24-26,28H,9-23,27H2,1-8H3/p+1. The molecule has 0 radical (unpaired) electrons. The number of nitrogens with zero attached hydrogens (tertiary/aromatic N) is 1. The Morgan fingerprint density at radius 3 is 1.67 bits per heavy atom. The highest BCUT2D eigenvalue weighted by Gasteiger charge is 2.33. The van der Waals surface area contributed by atoms with E-state index in [-0.39, 0.29) is 17.1 Å². The molecule has 240 valence electrons. The van der Waals surface area contributed by atoms with Crippen LogP contribution in [0, 0.1) is 6.92 Å². The molecule has 0 aliphatic carbocycles. The van der Waals surface area contributed by atoms with Gasteiger partial charge in [-0.05, 0) is 36.3 Å². The predicted octanol–water partition coefficient (Wildman–Crippen LogP) is 11.0. The van der Waals surface area contributed by atoms with Gasteiger partial charge in [-0.25, -0.2) is 4.57 Å². The van der Waals surface area contributed by atoms with Gasteiger partial charge in [-0.3, -0.25) is 0 Å². The Kier molecular flexibility index (Phi) is 15.6. The van der Waals surface area contributed by atoms with Gasteiger partial charge in [0.2, 0.25) is 5.51 Å². The largest absolute Gasteiger partial charge is 0.493 e. The van der Waals surface area contributed by atoms with Gasteiger partial charge in [0.15, 0.2) is 6.20 Å². The summed E-state index contributed by atoms with van der Waals surface area (Å²) < 4.78 is 27.3. The number of hydrogen-bond acceptors (Lipinski definition) is 4. The number of benzene rings is 1. The van der Waals surface area contributed by atoms with E-state index < -0.39 is 7.60 Å². The lowest BCUT2D eigenvalue weighted by Crippen LogP contribution is -2.31. The van der Waals surface area contributed by atoms with E-state index in [1.807, 2.05) is 30.8 Å². The zero-order chi connectivity index (χ0) is 31.2. The molecule has 5 nitrogen and oxygen atoms in total. The monoisotopic (exact) mass is 622 g/mol. The van der Waals surface area contributed by atoms with E-state index in [0.29, 0.717) is 12.4 Å². The van der Waals surface area contributed by atoms with Crippen molar-refractivity contribution >= 4 is 18.9 Å². The summed E-state index contributed by atoms with van der Waals surface area (Å²) in [5.41, 5.74) is 3.23. The van der Waals surface area contributed by atoms with Crippen molar-refractivity contribution in [3.8, 4) is 11.5 Å². The van der Waals surface area contributed by atoms with Crippen LogP contribution in [0.2, 0.25) is 0 Å². The Morgan fingerprint density at radius 1 is 0.762 bits per heavy atom. The van der Waals surface area contributed by atoms with Gasteiger partial charge in [-0.1, -0.05) is 143 Å². The average molecular weight is 623 g/mol. The zero-order valence-corrected chi connectivity index (χ0v) is 29.8. The molecule has 0 fully saturated rings. The highest BCUT2D eigenvalue weighted by Crippen LogP contribution is 2.49. The maximum absolute atomic E-state index is 13.2. The molecule has 1 aromatic heterocycles. The van der Waals surface area contributed by atoms with E-state index in [1.165, 1.54) is 83.5 Å². The van der Waals surface area contributed by atoms with Crippen molar-refractivity contribution in [2.24, 2.45) is 0 Å². The summed E-state index contributed by atoms with van der Waals surface area (Å²) in [5, 5.41) is 0. The summed E-state index contributed by atoms with van der Waals surface area (Å²) in [5.74, 6) is 1.32. The van der Waals surface area contributed by atoms with Crippen LogP contribution < -0.4 is 13.8 Å². The van der Waals surface area contributed by atoms with Gasteiger partial charge in [0.1, 0.15) is 11.5 Å². The van der Waals surface area contributed by atoms with Crippen LogP contribution in [0.1, 0.15) is 154 Å². The fourth-order valence-corrected chi connectivity index (χ4v) is 7.15. The van der Waals surface area contributed by atoms with E-state index in [2.05, 4.69) is 48.5 Å². The molecule has 42 heavy (non-hydrogen) atoms. The molecule has 0 amide bonds. The summed E-state index contributed by atoms with van der Waals surface area (Å²) in [6.07, 6.45) is 20.5. The number of unbranched alkanes of at least 4 members (excludes halogenated alkanes) is 13. The van der Waals surface area contributed by atoms with Crippen molar-refractivity contribution < 1.29 is 23.3 Å². The molecule has 2 aromatic rings. The predicted molar refractivity (Wildman–Crippen MR) is 179 cm³/mol. The lowest BCUT2D eigenvalue weighted by atomic mass is 9.81. The number of hydrogen-bond donors (Lipinski definition) is 1. The number of rotatable bonds is 20. The molecule has 1 unspecified atom stereocenters. The van der Waals surface area contributed by atoms with E-state index in [1.54, 1.807) is 15.9 Å². The van der Waals surface area contributed by atoms with Gasteiger partial charge in [0.25, 0.3) is 6.29 Å². The number of thiazole rings is 1. The van der Waals surface area contributed by atoms with Gasteiger partial charge >= 0.3 is 7.60 Å². The fourth-order valence-electron chi connectivity index (χ4n) is 5.31. The Bertz CT molecular complexity index is 1100.